The highest BCUT2D eigenvalue weighted by Crippen LogP contribution is 2.20. The van der Waals surface area contributed by atoms with Crippen molar-refractivity contribution in [3.8, 4) is 0 Å². The molecule has 0 saturated carbocycles. The van der Waals surface area contributed by atoms with Crippen molar-refractivity contribution in [2.75, 3.05) is 7.05 Å². The number of hydrogen-bond donors (Lipinski definition) is 1. The summed E-state index contributed by atoms with van der Waals surface area (Å²) in [7, 11) is 1.56. The highest BCUT2D eigenvalue weighted by atomic mass is 16.6. The molecule has 2 aromatic rings. The number of nitro groups is 1. The maximum absolute atomic E-state index is 12.0. The molecule has 0 aliphatic heterocycles. The number of rotatable bonds is 4. The summed E-state index contributed by atoms with van der Waals surface area (Å²) in [5, 5.41) is 13.2. The van der Waals surface area contributed by atoms with Crippen LogP contribution in [-0.4, -0.2) is 17.9 Å². The highest BCUT2D eigenvalue weighted by molar-refractivity contribution is 6.24. The van der Waals surface area contributed by atoms with Crippen molar-refractivity contribution in [1.82, 2.24) is 5.32 Å². The minimum atomic E-state index is -0.454. The van der Waals surface area contributed by atoms with E-state index in [9.17, 15) is 14.9 Å². The number of benzene rings is 2. The normalized spacial score (nSPS) is 11.0. The van der Waals surface area contributed by atoms with E-state index in [0.717, 1.165) is 11.1 Å². The van der Waals surface area contributed by atoms with Crippen LogP contribution in [-0.2, 0) is 4.79 Å². The number of nitro benzene ring substituents is 1. The van der Waals surface area contributed by atoms with Crippen LogP contribution in [0, 0.1) is 10.1 Å². The van der Waals surface area contributed by atoms with Crippen molar-refractivity contribution < 1.29 is 9.72 Å². The van der Waals surface area contributed by atoms with Gasteiger partial charge in [0.15, 0.2) is 0 Å². The number of carbonyl (C=O) groups excluding carboxylic acids is 1. The van der Waals surface area contributed by atoms with Gasteiger partial charge in [0.1, 0.15) is 0 Å². The maximum Gasteiger partial charge on any atom is 0.269 e. The average Bonchev–Trinajstić information content (AvgIpc) is 2.53. The monoisotopic (exact) mass is 282 g/mol. The standard InChI is InChI=1S/C16H14N2O3/c1-17-16(19)15(13-5-3-2-4-6-13)11-12-7-9-14(10-8-12)18(20)21/h2-11H,1H3,(H,17,19)/b15-11+. The van der Waals surface area contributed by atoms with Crippen molar-refractivity contribution in [1.29, 1.82) is 0 Å². The van der Waals surface area contributed by atoms with Gasteiger partial charge in [-0.2, -0.15) is 0 Å². The number of hydrogen-bond acceptors (Lipinski definition) is 3. The summed E-state index contributed by atoms with van der Waals surface area (Å²) in [6.07, 6.45) is 1.71. The van der Waals surface area contributed by atoms with Crippen LogP contribution in [0.1, 0.15) is 11.1 Å². The number of nitrogens with one attached hydrogen (secondary N) is 1. The second-order valence-corrected chi connectivity index (χ2v) is 4.35. The fraction of sp³-hybridized carbons (Fsp3) is 0.0625. The Kier molecular flexibility index (Phi) is 4.46. The van der Waals surface area contributed by atoms with Crippen LogP contribution in [0.15, 0.2) is 54.6 Å². The molecular formula is C16H14N2O3. The lowest BCUT2D eigenvalue weighted by atomic mass is 10.0. The molecule has 0 aliphatic carbocycles. The third-order valence-electron chi connectivity index (χ3n) is 2.97. The van der Waals surface area contributed by atoms with Gasteiger partial charge in [-0.05, 0) is 29.3 Å². The molecule has 0 bridgehead atoms. The third-order valence-corrected chi connectivity index (χ3v) is 2.97. The molecule has 0 heterocycles. The molecule has 0 unspecified atom stereocenters. The van der Waals surface area contributed by atoms with Gasteiger partial charge in [0.2, 0.25) is 0 Å². The summed E-state index contributed by atoms with van der Waals surface area (Å²) < 4.78 is 0. The number of amides is 1. The van der Waals surface area contributed by atoms with Gasteiger partial charge in [-0.1, -0.05) is 30.3 Å². The molecular weight excluding hydrogens is 268 g/mol. The van der Waals surface area contributed by atoms with E-state index in [2.05, 4.69) is 5.32 Å². The molecule has 0 spiro atoms. The minimum absolute atomic E-state index is 0.0216. The van der Waals surface area contributed by atoms with E-state index in [0.29, 0.717) is 5.57 Å². The van der Waals surface area contributed by atoms with Crippen LogP contribution in [0.4, 0.5) is 5.69 Å². The summed E-state index contributed by atoms with van der Waals surface area (Å²) >= 11 is 0. The Morgan fingerprint density at radius 3 is 2.24 bits per heavy atom. The Labute approximate surface area is 122 Å². The molecule has 0 aliphatic rings. The van der Waals surface area contributed by atoms with Gasteiger partial charge in [0.05, 0.1) is 4.92 Å². The van der Waals surface area contributed by atoms with Crippen molar-refractivity contribution in [3.63, 3.8) is 0 Å². The number of carbonyl (C=O) groups is 1. The Morgan fingerprint density at radius 1 is 1.10 bits per heavy atom. The van der Waals surface area contributed by atoms with Crippen LogP contribution < -0.4 is 5.32 Å². The zero-order valence-corrected chi connectivity index (χ0v) is 11.4. The van der Waals surface area contributed by atoms with Crippen LogP contribution >= 0.6 is 0 Å². The number of non-ortho nitro benzene ring substituents is 1. The lowest BCUT2D eigenvalue weighted by Crippen LogP contribution is -2.19. The van der Waals surface area contributed by atoms with E-state index >= 15 is 0 Å². The molecule has 0 saturated heterocycles. The van der Waals surface area contributed by atoms with Crippen molar-refractivity contribution in [2.45, 2.75) is 0 Å². The number of likely N-dealkylation sites (N-methyl/N-ethyl adjacent to an activating group) is 1. The Morgan fingerprint density at radius 2 is 1.71 bits per heavy atom. The zero-order chi connectivity index (χ0) is 15.2. The van der Waals surface area contributed by atoms with Gasteiger partial charge in [-0.15, -0.1) is 0 Å². The van der Waals surface area contributed by atoms with Crippen LogP contribution in [0.2, 0.25) is 0 Å². The van der Waals surface area contributed by atoms with Gasteiger partial charge in [0, 0.05) is 24.8 Å². The molecule has 0 aromatic heterocycles. The smallest absolute Gasteiger partial charge is 0.269 e. The molecule has 21 heavy (non-hydrogen) atoms. The van der Waals surface area contributed by atoms with E-state index in [1.807, 2.05) is 30.3 Å². The fourth-order valence-electron chi connectivity index (χ4n) is 1.89. The van der Waals surface area contributed by atoms with E-state index in [4.69, 9.17) is 0 Å². The molecule has 2 aromatic carbocycles. The second kappa shape index (κ2) is 6.47. The summed E-state index contributed by atoms with van der Waals surface area (Å²) in [4.78, 5) is 22.2. The lowest BCUT2D eigenvalue weighted by molar-refractivity contribution is -0.384. The first-order valence-corrected chi connectivity index (χ1v) is 6.35. The van der Waals surface area contributed by atoms with Crippen molar-refractivity contribution in [3.05, 3.63) is 75.8 Å². The first-order chi connectivity index (χ1) is 10.1. The van der Waals surface area contributed by atoms with Crippen LogP contribution in [0.3, 0.4) is 0 Å². The third kappa shape index (κ3) is 3.54. The molecule has 0 radical (unpaired) electrons. The molecule has 5 heteroatoms. The maximum atomic E-state index is 12.0. The molecule has 1 N–H and O–H groups in total. The largest absolute Gasteiger partial charge is 0.355 e. The second-order valence-electron chi connectivity index (χ2n) is 4.35. The summed E-state index contributed by atoms with van der Waals surface area (Å²) in [5.74, 6) is -0.209. The van der Waals surface area contributed by atoms with Gasteiger partial charge in [-0.3, -0.25) is 14.9 Å². The van der Waals surface area contributed by atoms with Crippen LogP contribution in [0.25, 0.3) is 11.6 Å². The van der Waals surface area contributed by atoms with Crippen molar-refractivity contribution >= 4 is 23.2 Å². The van der Waals surface area contributed by atoms with E-state index in [1.54, 1.807) is 25.3 Å². The zero-order valence-electron chi connectivity index (χ0n) is 11.4. The fourth-order valence-corrected chi connectivity index (χ4v) is 1.89. The molecule has 0 atom stereocenters. The Hall–Kier alpha value is -2.95. The summed E-state index contributed by atoms with van der Waals surface area (Å²) in [6.45, 7) is 0. The highest BCUT2D eigenvalue weighted by Gasteiger charge is 2.10. The quantitative estimate of drug-likeness (QED) is 0.405. The molecule has 106 valence electrons. The van der Waals surface area contributed by atoms with E-state index in [1.165, 1.54) is 12.1 Å². The first-order valence-electron chi connectivity index (χ1n) is 6.35. The predicted octanol–water partition coefficient (Wildman–Crippen LogP) is 2.88. The van der Waals surface area contributed by atoms with Crippen molar-refractivity contribution in [2.24, 2.45) is 0 Å². The summed E-state index contributed by atoms with van der Waals surface area (Å²) in [6, 6.07) is 15.3. The Balaban J connectivity index is 2.41. The first kappa shape index (κ1) is 14.5. The van der Waals surface area contributed by atoms with Crippen LogP contribution in [0.5, 0.6) is 0 Å². The average molecular weight is 282 g/mol. The topological polar surface area (TPSA) is 72.2 Å². The van der Waals surface area contributed by atoms with Gasteiger partial charge in [-0.25, -0.2) is 0 Å². The minimum Gasteiger partial charge on any atom is -0.355 e. The van der Waals surface area contributed by atoms with Gasteiger partial charge >= 0.3 is 0 Å². The lowest BCUT2D eigenvalue weighted by Gasteiger charge is -2.06. The van der Waals surface area contributed by atoms with E-state index in [-0.39, 0.29) is 11.6 Å². The number of nitrogens with zero attached hydrogens (tertiary/aromatic N) is 1. The Bertz CT molecular complexity index is 676. The predicted molar refractivity (Wildman–Crippen MR) is 81.5 cm³/mol. The SMILES string of the molecule is CNC(=O)/C(=C/c1ccc([N+](=O)[O-])cc1)c1ccccc1. The molecule has 5 nitrogen and oxygen atoms in total. The summed E-state index contributed by atoms with van der Waals surface area (Å²) in [5.41, 5.74) is 2.04. The molecule has 0 fully saturated rings. The van der Waals surface area contributed by atoms with Gasteiger partial charge in [0.25, 0.3) is 11.6 Å². The molecule has 2 rings (SSSR count). The van der Waals surface area contributed by atoms with E-state index < -0.39 is 4.92 Å². The molecule has 1 amide bonds. The van der Waals surface area contributed by atoms with Gasteiger partial charge < -0.3 is 5.32 Å².